The zero-order valence-corrected chi connectivity index (χ0v) is 9.00. The zero-order chi connectivity index (χ0) is 11.8. The first-order chi connectivity index (χ1) is 7.76. The molecule has 0 heterocycles. The molecule has 90 valence electrons. The average molecular weight is 227 g/mol. The van der Waals surface area contributed by atoms with Gasteiger partial charge in [0.2, 0.25) is 0 Å². The maximum Gasteiger partial charge on any atom is 0.123 e. The fraction of sp³-hybridized carbons (Fsp3) is 0.455. The molecule has 5 heteroatoms. The Morgan fingerprint density at radius 2 is 1.94 bits per heavy atom. The van der Waals surface area contributed by atoms with Crippen LogP contribution in [0.1, 0.15) is 0 Å². The van der Waals surface area contributed by atoms with Crippen LogP contribution in [0.15, 0.2) is 24.3 Å². The van der Waals surface area contributed by atoms with E-state index in [2.05, 4.69) is 0 Å². The summed E-state index contributed by atoms with van der Waals surface area (Å²) in [6, 6.07) is 6.99. The van der Waals surface area contributed by atoms with Gasteiger partial charge in [-0.1, -0.05) is 6.07 Å². The molecule has 0 amide bonds. The van der Waals surface area contributed by atoms with Crippen LogP contribution in [0.5, 0.6) is 11.5 Å². The number of hydrogen-bond donors (Lipinski definition) is 3. The van der Waals surface area contributed by atoms with Crippen molar-refractivity contribution in [3.05, 3.63) is 24.3 Å². The molecule has 0 radical (unpaired) electrons. The van der Waals surface area contributed by atoms with E-state index >= 15 is 0 Å². The topological polar surface area (TPSA) is 84.9 Å². The van der Waals surface area contributed by atoms with Crippen molar-refractivity contribution in [3.63, 3.8) is 0 Å². The Balaban J connectivity index is 2.46. The summed E-state index contributed by atoms with van der Waals surface area (Å²) in [7, 11) is 0. The van der Waals surface area contributed by atoms with Crippen molar-refractivity contribution < 1.29 is 19.7 Å². The van der Waals surface area contributed by atoms with Crippen molar-refractivity contribution in [2.75, 3.05) is 26.4 Å². The minimum absolute atomic E-state index is 0.0308. The number of hydrogen-bond acceptors (Lipinski definition) is 5. The molecule has 0 saturated carbocycles. The normalized spacial score (nSPS) is 12.2. The molecule has 0 bridgehead atoms. The highest BCUT2D eigenvalue weighted by atomic mass is 16.5. The summed E-state index contributed by atoms with van der Waals surface area (Å²) < 4.78 is 10.5. The lowest BCUT2D eigenvalue weighted by molar-refractivity contribution is 0.114. The van der Waals surface area contributed by atoms with Crippen LogP contribution < -0.4 is 15.2 Å². The molecule has 5 nitrogen and oxygen atoms in total. The highest BCUT2D eigenvalue weighted by Crippen LogP contribution is 2.19. The Morgan fingerprint density at radius 1 is 1.25 bits per heavy atom. The SMILES string of the molecule is NCC(O)COc1cccc(OCCO)c1. The van der Waals surface area contributed by atoms with Gasteiger partial charge >= 0.3 is 0 Å². The van der Waals surface area contributed by atoms with Gasteiger partial charge in [0.05, 0.1) is 6.61 Å². The van der Waals surface area contributed by atoms with Crippen molar-refractivity contribution in [1.29, 1.82) is 0 Å². The van der Waals surface area contributed by atoms with E-state index in [1.807, 2.05) is 0 Å². The summed E-state index contributed by atoms with van der Waals surface area (Å²) in [5, 5.41) is 17.8. The number of benzene rings is 1. The van der Waals surface area contributed by atoms with Crippen LogP contribution in [0.4, 0.5) is 0 Å². The predicted octanol–water partition coefficient (Wildman–Crippen LogP) is -0.244. The van der Waals surface area contributed by atoms with E-state index in [0.29, 0.717) is 11.5 Å². The van der Waals surface area contributed by atoms with Crippen molar-refractivity contribution in [3.8, 4) is 11.5 Å². The predicted molar refractivity (Wildman–Crippen MR) is 59.6 cm³/mol. The molecule has 0 aliphatic heterocycles. The first kappa shape index (κ1) is 12.8. The Labute approximate surface area is 94.4 Å². The van der Waals surface area contributed by atoms with Crippen LogP contribution in [0, 0.1) is 0 Å². The van der Waals surface area contributed by atoms with Gasteiger partial charge in [-0.05, 0) is 12.1 Å². The number of aliphatic hydroxyl groups excluding tert-OH is 2. The van der Waals surface area contributed by atoms with E-state index in [4.69, 9.17) is 20.3 Å². The molecule has 1 unspecified atom stereocenters. The minimum Gasteiger partial charge on any atom is -0.491 e. The van der Waals surface area contributed by atoms with Gasteiger partial charge in [0.1, 0.15) is 30.8 Å². The molecular weight excluding hydrogens is 210 g/mol. The van der Waals surface area contributed by atoms with Crippen LogP contribution in [0.3, 0.4) is 0 Å². The number of rotatable bonds is 7. The Morgan fingerprint density at radius 3 is 2.56 bits per heavy atom. The molecule has 0 saturated heterocycles. The highest BCUT2D eigenvalue weighted by molar-refractivity contribution is 5.32. The molecule has 16 heavy (non-hydrogen) atoms. The monoisotopic (exact) mass is 227 g/mol. The maximum atomic E-state index is 9.22. The highest BCUT2D eigenvalue weighted by Gasteiger charge is 2.03. The van der Waals surface area contributed by atoms with Crippen molar-refractivity contribution >= 4 is 0 Å². The molecule has 0 spiro atoms. The van der Waals surface area contributed by atoms with Crippen LogP contribution in [0.25, 0.3) is 0 Å². The largest absolute Gasteiger partial charge is 0.491 e. The first-order valence-electron chi connectivity index (χ1n) is 5.11. The summed E-state index contributed by atoms with van der Waals surface area (Å²) in [5.41, 5.74) is 5.25. The third kappa shape index (κ3) is 4.48. The molecular formula is C11H17NO4. The Kier molecular flexibility index (Phi) is 5.63. The number of nitrogens with two attached hydrogens (primary N) is 1. The molecule has 0 aromatic heterocycles. The van der Waals surface area contributed by atoms with Crippen LogP contribution in [0.2, 0.25) is 0 Å². The van der Waals surface area contributed by atoms with Gasteiger partial charge in [0, 0.05) is 12.6 Å². The second-order valence-corrected chi connectivity index (χ2v) is 3.25. The van der Waals surface area contributed by atoms with Gasteiger partial charge in [0.15, 0.2) is 0 Å². The number of ether oxygens (including phenoxy) is 2. The lowest BCUT2D eigenvalue weighted by atomic mass is 10.3. The second-order valence-electron chi connectivity index (χ2n) is 3.25. The van der Waals surface area contributed by atoms with Gasteiger partial charge in [0.25, 0.3) is 0 Å². The fourth-order valence-corrected chi connectivity index (χ4v) is 1.08. The van der Waals surface area contributed by atoms with Crippen LogP contribution in [-0.2, 0) is 0 Å². The Hall–Kier alpha value is -1.30. The average Bonchev–Trinajstić information content (AvgIpc) is 2.34. The minimum atomic E-state index is -0.665. The quantitative estimate of drug-likeness (QED) is 0.598. The lowest BCUT2D eigenvalue weighted by Crippen LogP contribution is -2.26. The van der Waals surface area contributed by atoms with Gasteiger partial charge in [-0.2, -0.15) is 0 Å². The smallest absolute Gasteiger partial charge is 0.123 e. The van der Waals surface area contributed by atoms with E-state index in [9.17, 15) is 5.11 Å². The molecule has 0 aliphatic carbocycles. The standard InChI is InChI=1S/C11H17NO4/c12-7-9(14)8-16-11-3-1-2-10(6-11)15-5-4-13/h1-3,6,9,13-14H,4-5,7-8,12H2. The Bertz CT molecular complexity index is 306. The molecule has 0 aliphatic rings. The van der Waals surface area contributed by atoms with E-state index in [1.54, 1.807) is 24.3 Å². The van der Waals surface area contributed by atoms with Gasteiger partial charge < -0.3 is 25.4 Å². The van der Waals surface area contributed by atoms with E-state index in [1.165, 1.54) is 0 Å². The summed E-state index contributed by atoms with van der Waals surface area (Å²) in [6.45, 7) is 0.534. The molecule has 0 fully saturated rings. The molecule has 1 atom stereocenters. The number of aliphatic hydroxyl groups is 2. The molecule has 1 rings (SSSR count). The fourth-order valence-electron chi connectivity index (χ4n) is 1.08. The molecule has 1 aromatic carbocycles. The van der Waals surface area contributed by atoms with E-state index in [0.717, 1.165) is 0 Å². The maximum absolute atomic E-state index is 9.22. The van der Waals surface area contributed by atoms with Gasteiger partial charge in [-0.3, -0.25) is 0 Å². The van der Waals surface area contributed by atoms with Crippen LogP contribution in [-0.4, -0.2) is 42.7 Å². The second kappa shape index (κ2) is 7.05. The van der Waals surface area contributed by atoms with Crippen molar-refractivity contribution in [2.24, 2.45) is 5.73 Å². The first-order valence-corrected chi connectivity index (χ1v) is 5.11. The summed E-state index contributed by atoms with van der Waals surface area (Å²) in [4.78, 5) is 0. The van der Waals surface area contributed by atoms with Gasteiger partial charge in [-0.25, -0.2) is 0 Å². The van der Waals surface area contributed by atoms with Crippen molar-refractivity contribution in [2.45, 2.75) is 6.10 Å². The molecule has 4 N–H and O–H groups in total. The lowest BCUT2D eigenvalue weighted by Gasteiger charge is -2.11. The van der Waals surface area contributed by atoms with E-state index in [-0.39, 0.29) is 26.4 Å². The summed E-state index contributed by atoms with van der Waals surface area (Å²) in [5.74, 6) is 1.22. The van der Waals surface area contributed by atoms with Gasteiger partial charge in [-0.15, -0.1) is 0 Å². The zero-order valence-electron chi connectivity index (χ0n) is 9.00. The third-order valence-electron chi connectivity index (χ3n) is 1.88. The molecule has 1 aromatic rings. The summed E-state index contributed by atoms with van der Waals surface area (Å²) >= 11 is 0. The summed E-state index contributed by atoms with van der Waals surface area (Å²) in [6.07, 6.45) is -0.665. The van der Waals surface area contributed by atoms with Crippen molar-refractivity contribution in [1.82, 2.24) is 0 Å². The van der Waals surface area contributed by atoms with Crippen LogP contribution >= 0.6 is 0 Å². The van der Waals surface area contributed by atoms with E-state index < -0.39 is 6.10 Å². The third-order valence-corrected chi connectivity index (χ3v) is 1.88.